The van der Waals surface area contributed by atoms with Crippen LogP contribution in [0.3, 0.4) is 0 Å². The van der Waals surface area contributed by atoms with E-state index >= 15 is 0 Å². The Morgan fingerprint density at radius 2 is 2.45 bits per heavy atom. The van der Waals surface area contributed by atoms with Gasteiger partial charge in [0, 0.05) is 0 Å². The molecule has 0 nitrogen and oxygen atoms in total. The van der Waals surface area contributed by atoms with Gasteiger partial charge >= 0.3 is 0 Å². The maximum absolute atomic E-state index is 3.76. The topological polar surface area (TPSA) is 0 Å². The van der Waals surface area contributed by atoms with E-state index in [4.69, 9.17) is 0 Å². The Balaban J connectivity index is 2.56. The summed E-state index contributed by atoms with van der Waals surface area (Å²) in [6, 6.07) is 9.30. The van der Waals surface area contributed by atoms with Crippen molar-refractivity contribution >= 4 is 5.57 Å². The van der Waals surface area contributed by atoms with Crippen LogP contribution in [0, 0.1) is 6.07 Å². The summed E-state index contributed by atoms with van der Waals surface area (Å²) in [6.07, 6.45) is 5.10. The molecule has 1 aliphatic carbocycles. The molecule has 0 fully saturated rings. The zero-order valence-corrected chi connectivity index (χ0v) is 6.30. The molecule has 1 aliphatic rings. The van der Waals surface area contributed by atoms with Crippen LogP contribution in [-0.2, 0) is 6.42 Å². The van der Waals surface area contributed by atoms with Crippen LogP contribution >= 0.6 is 0 Å². The molecule has 0 amide bonds. The highest BCUT2D eigenvalue weighted by Crippen LogP contribution is 2.26. The SMILES string of the molecule is C=CC1=CCc2[c]cccc21. The Bertz CT molecular complexity index is 319. The molecule has 53 valence electrons. The average molecular weight is 141 g/mol. The second-order valence-corrected chi connectivity index (χ2v) is 2.63. The molecule has 0 spiro atoms. The summed E-state index contributed by atoms with van der Waals surface area (Å²) < 4.78 is 0. The van der Waals surface area contributed by atoms with Crippen LogP contribution in [0.25, 0.3) is 5.57 Å². The monoisotopic (exact) mass is 141 g/mol. The summed E-state index contributed by atoms with van der Waals surface area (Å²) in [4.78, 5) is 0. The first kappa shape index (κ1) is 6.41. The zero-order valence-electron chi connectivity index (χ0n) is 6.30. The fourth-order valence-electron chi connectivity index (χ4n) is 1.43. The molecule has 1 aromatic rings. The Hall–Kier alpha value is -1.30. The largest absolute Gasteiger partial charge is 0.0985 e. The summed E-state index contributed by atoms with van der Waals surface area (Å²) >= 11 is 0. The van der Waals surface area contributed by atoms with Crippen molar-refractivity contribution in [1.82, 2.24) is 0 Å². The van der Waals surface area contributed by atoms with E-state index in [1.54, 1.807) is 0 Å². The zero-order chi connectivity index (χ0) is 7.68. The molecule has 0 aliphatic heterocycles. The van der Waals surface area contributed by atoms with E-state index in [-0.39, 0.29) is 0 Å². The maximum Gasteiger partial charge on any atom is -0.00759 e. The van der Waals surface area contributed by atoms with Crippen LogP contribution in [0.4, 0.5) is 0 Å². The quantitative estimate of drug-likeness (QED) is 0.564. The van der Waals surface area contributed by atoms with Crippen molar-refractivity contribution < 1.29 is 0 Å². The molecular formula is C11H9. The van der Waals surface area contributed by atoms with Crippen LogP contribution in [0.5, 0.6) is 0 Å². The molecule has 0 saturated heterocycles. The van der Waals surface area contributed by atoms with E-state index in [2.05, 4.69) is 24.8 Å². The highest BCUT2D eigenvalue weighted by atomic mass is 14.1. The molecule has 0 unspecified atom stereocenters. The van der Waals surface area contributed by atoms with Crippen molar-refractivity contribution in [3.63, 3.8) is 0 Å². The van der Waals surface area contributed by atoms with Gasteiger partial charge in [-0.15, -0.1) is 0 Å². The standard InChI is InChI=1S/C11H9/c1-2-9-7-8-10-5-3-4-6-11(9)10/h2-4,6-7H,1,8H2. The Kier molecular flexibility index (Phi) is 1.39. The summed E-state index contributed by atoms with van der Waals surface area (Å²) in [7, 11) is 0. The minimum absolute atomic E-state index is 1.01. The van der Waals surface area contributed by atoms with Crippen molar-refractivity contribution in [3.8, 4) is 0 Å². The summed E-state index contributed by atoms with van der Waals surface area (Å²) in [5.41, 5.74) is 3.83. The average Bonchev–Trinajstić information content (AvgIpc) is 2.47. The minimum Gasteiger partial charge on any atom is -0.0985 e. The van der Waals surface area contributed by atoms with Gasteiger partial charge in [-0.1, -0.05) is 36.9 Å². The first-order chi connectivity index (χ1) is 5.42. The van der Waals surface area contributed by atoms with Crippen molar-refractivity contribution in [2.75, 3.05) is 0 Å². The Labute approximate surface area is 66.9 Å². The number of fused-ring (bicyclic) bond motifs is 1. The van der Waals surface area contributed by atoms with E-state index in [9.17, 15) is 0 Å². The van der Waals surface area contributed by atoms with Crippen LogP contribution in [-0.4, -0.2) is 0 Å². The molecule has 2 rings (SSSR count). The van der Waals surface area contributed by atoms with Gasteiger partial charge in [-0.25, -0.2) is 0 Å². The van der Waals surface area contributed by atoms with Gasteiger partial charge in [0.05, 0.1) is 0 Å². The van der Waals surface area contributed by atoms with Crippen LogP contribution in [0.15, 0.2) is 36.9 Å². The van der Waals surface area contributed by atoms with Gasteiger partial charge in [-0.3, -0.25) is 0 Å². The number of allylic oxidation sites excluding steroid dienone is 3. The highest BCUT2D eigenvalue weighted by Gasteiger charge is 2.09. The lowest BCUT2D eigenvalue weighted by Crippen LogP contribution is -1.80. The predicted octanol–water partition coefficient (Wildman–Crippen LogP) is 2.61. The Morgan fingerprint density at radius 3 is 3.27 bits per heavy atom. The predicted molar refractivity (Wildman–Crippen MR) is 47.2 cm³/mol. The van der Waals surface area contributed by atoms with E-state index in [1.807, 2.05) is 18.2 Å². The maximum atomic E-state index is 3.76. The van der Waals surface area contributed by atoms with E-state index in [0.717, 1.165) is 6.42 Å². The number of rotatable bonds is 1. The summed E-state index contributed by atoms with van der Waals surface area (Å²) in [5, 5.41) is 0. The summed E-state index contributed by atoms with van der Waals surface area (Å²) in [5.74, 6) is 0. The van der Waals surface area contributed by atoms with E-state index < -0.39 is 0 Å². The lowest BCUT2D eigenvalue weighted by atomic mass is 10.1. The molecule has 0 heteroatoms. The first-order valence-corrected chi connectivity index (χ1v) is 3.74. The second kappa shape index (κ2) is 2.39. The van der Waals surface area contributed by atoms with Gasteiger partial charge in [0.25, 0.3) is 0 Å². The number of hydrogen-bond acceptors (Lipinski definition) is 0. The van der Waals surface area contributed by atoms with Gasteiger partial charge in [0.1, 0.15) is 0 Å². The van der Waals surface area contributed by atoms with Gasteiger partial charge in [0.2, 0.25) is 0 Å². The van der Waals surface area contributed by atoms with E-state index in [0.29, 0.717) is 0 Å². The molecule has 0 N–H and O–H groups in total. The highest BCUT2D eigenvalue weighted by molar-refractivity contribution is 5.79. The molecule has 0 bridgehead atoms. The normalized spacial score (nSPS) is 14.0. The molecule has 0 saturated carbocycles. The molecule has 0 heterocycles. The fourth-order valence-corrected chi connectivity index (χ4v) is 1.43. The van der Waals surface area contributed by atoms with Gasteiger partial charge in [-0.05, 0) is 29.2 Å². The van der Waals surface area contributed by atoms with Crippen molar-refractivity contribution in [2.45, 2.75) is 6.42 Å². The molecule has 0 atom stereocenters. The second-order valence-electron chi connectivity index (χ2n) is 2.63. The number of hydrogen-bond donors (Lipinski definition) is 0. The lowest BCUT2D eigenvalue weighted by Gasteiger charge is -1.97. The Morgan fingerprint density at radius 1 is 1.55 bits per heavy atom. The molecule has 0 aromatic heterocycles. The van der Waals surface area contributed by atoms with Gasteiger partial charge in [0.15, 0.2) is 0 Å². The van der Waals surface area contributed by atoms with Crippen molar-refractivity contribution in [3.05, 3.63) is 54.1 Å². The number of benzene rings is 1. The first-order valence-electron chi connectivity index (χ1n) is 3.74. The molecule has 1 radical (unpaired) electrons. The van der Waals surface area contributed by atoms with Crippen molar-refractivity contribution in [1.29, 1.82) is 0 Å². The fraction of sp³-hybridized carbons (Fsp3) is 0.0909. The van der Waals surface area contributed by atoms with Crippen LogP contribution < -0.4 is 0 Å². The third-order valence-corrected chi connectivity index (χ3v) is 2.00. The minimum atomic E-state index is 1.01. The van der Waals surface area contributed by atoms with Crippen LogP contribution in [0.1, 0.15) is 11.1 Å². The summed E-state index contributed by atoms with van der Waals surface area (Å²) in [6.45, 7) is 3.76. The third-order valence-electron chi connectivity index (χ3n) is 2.00. The van der Waals surface area contributed by atoms with Crippen molar-refractivity contribution in [2.24, 2.45) is 0 Å². The molecule has 11 heavy (non-hydrogen) atoms. The van der Waals surface area contributed by atoms with E-state index in [1.165, 1.54) is 16.7 Å². The lowest BCUT2D eigenvalue weighted by molar-refractivity contribution is 1.30. The molecule has 1 aromatic carbocycles. The molecular weight excluding hydrogens is 132 g/mol. The van der Waals surface area contributed by atoms with Gasteiger partial charge in [-0.2, -0.15) is 0 Å². The third kappa shape index (κ3) is 0.911. The van der Waals surface area contributed by atoms with Crippen LogP contribution in [0.2, 0.25) is 0 Å². The van der Waals surface area contributed by atoms with Gasteiger partial charge < -0.3 is 0 Å². The smallest absolute Gasteiger partial charge is 0.00759 e.